The first-order valence-electron chi connectivity index (χ1n) is 6.63. The Morgan fingerprint density at radius 2 is 2.05 bits per heavy atom. The second-order valence-corrected chi connectivity index (χ2v) is 4.85. The molecule has 5 nitrogen and oxygen atoms in total. The van der Waals surface area contributed by atoms with Gasteiger partial charge in [0.25, 0.3) is 0 Å². The molecular weight excluding hydrogens is 248 g/mol. The minimum atomic E-state index is -0.497. The van der Waals surface area contributed by atoms with Gasteiger partial charge in [0.2, 0.25) is 0 Å². The standard InChI is InChI=1S/C14H26O5/c1-5-7-14(8-6-9-15)13(18-4)12(17-3)11(19-14)10-16-2/h5,11-13,15H,1,6-10H2,2-4H3/t11-,12-,13-,14+/m1/s1. The topological polar surface area (TPSA) is 57.2 Å². The lowest BCUT2D eigenvalue weighted by Gasteiger charge is -2.33. The third-order valence-electron chi connectivity index (χ3n) is 3.67. The third-order valence-corrected chi connectivity index (χ3v) is 3.67. The van der Waals surface area contributed by atoms with Crippen LogP contribution in [-0.2, 0) is 18.9 Å². The van der Waals surface area contributed by atoms with E-state index >= 15 is 0 Å². The van der Waals surface area contributed by atoms with Crippen LogP contribution in [0.1, 0.15) is 19.3 Å². The number of hydrogen-bond donors (Lipinski definition) is 1. The van der Waals surface area contributed by atoms with Gasteiger partial charge in [-0.1, -0.05) is 6.08 Å². The zero-order chi connectivity index (χ0) is 14.3. The largest absolute Gasteiger partial charge is 0.396 e. The highest BCUT2D eigenvalue weighted by atomic mass is 16.6. The molecule has 0 unspecified atom stereocenters. The van der Waals surface area contributed by atoms with E-state index in [-0.39, 0.29) is 24.9 Å². The van der Waals surface area contributed by atoms with Crippen molar-refractivity contribution >= 4 is 0 Å². The highest BCUT2D eigenvalue weighted by Crippen LogP contribution is 2.40. The van der Waals surface area contributed by atoms with E-state index in [4.69, 9.17) is 24.1 Å². The summed E-state index contributed by atoms with van der Waals surface area (Å²) in [5, 5.41) is 9.08. The smallest absolute Gasteiger partial charge is 0.115 e. The summed E-state index contributed by atoms with van der Waals surface area (Å²) in [5.74, 6) is 0. The third kappa shape index (κ3) is 3.55. The maximum absolute atomic E-state index is 9.08. The lowest BCUT2D eigenvalue weighted by atomic mass is 9.86. The minimum absolute atomic E-state index is 0.130. The lowest BCUT2D eigenvalue weighted by Crippen LogP contribution is -2.45. The van der Waals surface area contributed by atoms with Crippen molar-refractivity contribution in [1.82, 2.24) is 0 Å². The Bertz CT molecular complexity index is 271. The first-order chi connectivity index (χ1) is 9.18. The first kappa shape index (κ1) is 16.6. The summed E-state index contributed by atoms with van der Waals surface area (Å²) in [6.07, 6.45) is 3.30. The molecule has 0 aromatic rings. The number of hydrogen-bond acceptors (Lipinski definition) is 5. The number of ether oxygens (including phenoxy) is 4. The van der Waals surface area contributed by atoms with E-state index in [0.717, 1.165) is 0 Å². The fraction of sp³-hybridized carbons (Fsp3) is 0.857. The SMILES string of the molecule is C=CC[C@@]1(CCCO)O[C@H](COC)[C@@H](OC)[C@H]1OC. The molecule has 112 valence electrons. The highest BCUT2D eigenvalue weighted by molar-refractivity contribution is 5.06. The fourth-order valence-electron chi connectivity index (χ4n) is 2.94. The maximum atomic E-state index is 9.08. The maximum Gasteiger partial charge on any atom is 0.115 e. The van der Waals surface area contributed by atoms with Gasteiger partial charge < -0.3 is 24.1 Å². The zero-order valence-corrected chi connectivity index (χ0v) is 12.1. The van der Waals surface area contributed by atoms with Crippen LogP contribution >= 0.6 is 0 Å². The quantitative estimate of drug-likeness (QED) is 0.639. The van der Waals surface area contributed by atoms with Gasteiger partial charge in [-0.05, 0) is 19.3 Å². The van der Waals surface area contributed by atoms with E-state index in [2.05, 4.69) is 6.58 Å². The molecule has 0 aliphatic carbocycles. The van der Waals surface area contributed by atoms with Crippen molar-refractivity contribution in [3.63, 3.8) is 0 Å². The van der Waals surface area contributed by atoms with Gasteiger partial charge in [0.05, 0.1) is 6.61 Å². The molecule has 0 aromatic carbocycles. The van der Waals surface area contributed by atoms with Crippen molar-refractivity contribution < 1.29 is 24.1 Å². The Morgan fingerprint density at radius 3 is 2.53 bits per heavy atom. The van der Waals surface area contributed by atoms with Crippen LogP contribution in [0.25, 0.3) is 0 Å². The first-order valence-corrected chi connectivity index (χ1v) is 6.63. The van der Waals surface area contributed by atoms with E-state index in [1.165, 1.54) is 0 Å². The molecule has 1 N–H and O–H groups in total. The fourth-order valence-corrected chi connectivity index (χ4v) is 2.94. The Hall–Kier alpha value is -0.460. The van der Waals surface area contributed by atoms with E-state index < -0.39 is 5.60 Å². The van der Waals surface area contributed by atoms with E-state index in [1.807, 2.05) is 6.08 Å². The summed E-state index contributed by atoms with van der Waals surface area (Å²) in [5.41, 5.74) is -0.497. The molecule has 1 heterocycles. The summed E-state index contributed by atoms with van der Waals surface area (Å²) >= 11 is 0. The van der Waals surface area contributed by atoms with Crippen molar-refractivity contribution in [2.75, 3.05) is 34.5 Å². The molecule has 0 amide bonds. The van der Waals surface area contributed by atoms with Gasteiger partial charge in [-0.3, -0.25) is 0 Å². The molecule has 1 aliphatic heterocycles. The average molecular weight is 274 g/mol. The predicted molar refractivity (Wildman–Crippen MR) is 72.2 cm³/mol. The molecule has 1 rings (SSSR count). The van der Waals surface area contributed by atoms with Crippen LogP contribution in [-0.4, -0.2) is 63.6 Å². The number of rotatable bonds is 9. The van der Waals surface area contributed by atoms with Gasteiger partial charge in [0.1, 0.15) is 23.9 Å². The van der Waals surface area contributed by atoms with Crippen molar-refractivity contribution in [3.8, 4) is 0 Å². The van der Waals surface area contributed by atoms with Crippen LogP contribution in [0.2, 0.25) is 0 Å². The van der Waals surface area contributed by atoms with Gasteiger partial charge >= 0.3 is 0 Å². The molecule has 1 fully saturated rings. The van der Waals surface area contributed by atoms with Crippen molar-refractivity contribution in [3.05, 3.63) is 12.7 Å². The molecule has 0 aromatic heterocycles. The summed E-state index contributed by atoms with van der Waals surface area (Å²) in [7, 11) is 4.95. The van der Waals surface area contributed by atoms with Crippen molar-refractivity contribution in [1.29, 1.82) is 0 Å². The normalized spacial score (nSPS) is 34.6. The lowest BCUT2D eigenvalue weighted by molar-refractivity contribution is -0.108. The van der Waals surface area contributed by atoms with E-state index in [0.29, 0.717) is 25.9 Å². The predicted octanol–water partition coefficient (Wildman–Crippen LogP) is 1.15. The molecule has 4 atom stereocenters. The Kier molecular flexibility index (Phi) is 6.96. The summed E-state index contributed by atoms with van der Waals surface area (Å²) in [6.45, 7) is 4.38. The number of methoxy groups -OCH3 is 3. The molecule has 0 saturated carbocycles. The molecule has 5 heteroatoms. The Morgan fingerprint density at radius 1 is 1.32 bits per heavy atom. The van der Waals surface area contributed by atoms with Gasteiger partial charge in [-0.15, -0.1) is 6.58 Å². The zero-order valence-electron chi connectivity index (χ0n) is 12.1. The Labute approximate surface area is 115 Å². The monoisotopic (exact) mass is 274 g/mol. The van der Waals surface area contributed by atoms with Crippen LogP contribution in [0.4, 0.5) is 0 Å². The molecular formula is C14H26O5. The van der Waals surface area contributed by atoms with Gasteiger partial charge in [0, 0.05) is 27.9 Å². The molecule has 1 aliphatic rings. The summed E-state index contributed by atoms with van der Waals surface area (Å²) in [4.78, 5) is 0. The van der Waals surface area contributed by atoms with Gasteiger partial charge in [-0.2, -0.15) is 0 Å². The Balaban J connectivity index is 2.95. The van der Waals surface area contributed by atoms with Gasteiger partial charge in [-0.25, -0.2) is 0 Å². The van der Waals surface area contributed by atoms with Crippen LogP contribution < -0.4 is 0 Å². The second-order valence-electron chi connectivity index (χ2n) is 4.85. The summed E-state index contributed by atoms with van der Waals surface area (Å²) < 4.78 is 22.5. The van der Waals surface area contributed by atoms with Crippen LogP contribution in [0, 0.1) is 0 Å². The molecule has 0 spiro atoms. The van der Waals surface area contributed by atoms with Gasteiger partial charge in [0.15, 0.2) is 0 Å². The van der Waals surface area contributed by atoms with E-state index in [9.17, 15) is 0 Å². The summed E-state index contributed by atoms with van der Waals surface area (Å²) in [6, 6.07) is 0. The second kappa shape index (κ2) is 7.97. The number of aliphatic hydroxyl groups excluding tert-OH is 1. The van der Waals surface area contributed by atoms with Crippen molar-refractivity contribution in [2.45, 2.75) is 43.2 Å². The van der Waals surface area contributed by atoms with Crippen LogP contribution in [0.3, 0.4) is 0 Å². The molecule has 0 bridgehead atoms. The molecule has 19 heavy (non-hydrogen) atoms. The van der Waals surface area contributed by atoms with Crippen molar-refractivity contribution in [2.24, 2.45) is 0 Å². The number of aliphatic hydroxyl groups is 1. The minimum Gasteiger partial charge on any atom is -0.396 e. The van der Waals surface area contributed by atoms with E-state index in [1.54, 1.807) is 21.3 Å². The average Bonchev–Trinajstić information content (AvgIpc) is 2.70. The molecule has 1 saturated heterocycles. The highest BCUT2D eigenvalue weighted by Gasteiger charge is 2.54. The van der Waals surface area contributed by atoms with Crippen LogP contribution in [0.5, 0.6) is 0 Å². The molecule has 0 radical (unpaired) electrons. The van der Waals surface area contributed by atoms with Crippen LogP contribution in [0.15, 0.2) is 12.7 Å².